The van der Waals surface area contributed by atoms with E-state index in [1.165, 1.54) is 23.5 Å². The normalized spacial score (nSPS) is 19.7. The number of benzene rings is 1. The summed E-state index contributed by atoms with van der Waals surface area (Å²) in [7, 11) is -2.32. The maximum atomic E-state index is 12.8. The topological polar surface area (TPSA) is 92.5 Å². The minimum absolute atomic E-state index is 0.0586. The van der Waals surface area contributed by atoms with Gasteiger partial charge in [0.1, 0.15) is 6.04 Å². The molecule has 0 aromatic heterocycles. The zero-order chi connectivity index (χ0) is 15.8. The molecule has 2 rings (SSSR count). The van der Waals surface area contributed by atoms with Crippen molar-refractivity contribution in [3.05, 3.63) is 22.7 Å². The lowest BCUT2D eigenvalue weighted by Gasteiger charge is -2.24. The van der Waals surface area contributed by atoms with Crippen LogP contribution in [0.5, 0.6) is 0 Å². The van der Waals surface area contributed by atoms with Crippen molar-refractivity contribution in [3.63, 3.8) is 0 Å². The van der Waals surface area contributed by atoms with Crippen LogP contribution < -0.4 is 11.1 Å². The van der Waals surface area contributed by atoms with Gasteiger partial charge in [0.25, 0.3) is 0 Å². The summed E-state index contributed by atoms with van der Waals surface area (Å²) in [5.74, 6) is -0.302. The van der Waals surface area contributed by atoms with E-state index in [-0.39, 0.29) is 15.8 Å². The Labute approximate surface area is 129 Å². The van der Waals surface area contributed by atoms with Crippen LogP contribution in [0.4, 0.5) is 5.69 Å². The number of halogens is 1. The summed E-state index contributed by atoms with van der Waals surface area (Å²) in [6, 6.07) is 2.21. The molecule has 1 atom stereocenters. The number of rotatable bonds is 3. The molecule has 0 radical (unpaired) electrons. The van der Waals surface area contributed by atoms with Gasteiger partial charge in [-0.1, -0.05) is 11.6 Å². The van der Waals surface area contributed by atoms with Crippen molar-refractivity contribution in [3.8, 4) is 0 Å². The molecular formula is C13H18ClN3O3S. The van der Waals surface area contributed by atoms with Gasteiger partial charge in [-0.05, 0) is 37.5 Å². The Morgan fingerprint density at radius 1 is 1.48 bits per heavy atom. The van der Waals surface area contributed by atoms with Crippen LogP contribution in [0.3, 0.4) is 0 Å². The van der Waals surface area contributed by atoms with E-state index in [1.54, 1.807) is 6.92 Å². The third-order valence-corrected chi connectivity index (χ3v) is 5.96. The van der Waals surface area contributed by atoms with Gasteiger partial charge in [0.2, 0.25) is 15.9 Å². The third-order valence-electron chi connectivity index (χ3n) is 3.70. The molecule has 3 N–H and O–H groups in total. The number of carbonyl (C=O) groups is 1. The second kappa shape index (κ2) is 5.82. The number of nitrogens with two attached hydrogens (primary N) is 1. The number of hydrogen-bond acceptors (Lipinski definition) is 4. The first-order valence-corrected chi connectivity index (χ1v) is 8.40. The maximum absolute atomic E-state index is 12.8. The molecule has 0 saturated carbocycles. The van der Waals surface area contributed by atoms with Crippen LogP contribution in [-0.2, 0) is 14.8 Å². The molecule has 1 saturated heterocycles. The van der Waals surface area contributed by atoms with Gasteiger partial charge >= 0.3 is 0 Å². The standard InChI is InChI=1S/C13H18ClN3O3S/c1-8-10(15)6-9(14)7-12(8)21(19,20)17-5-3-4-11(17)13(18)16-2/h6-7,11H,3-5,15H2,1-2H3,(H,16,18). The molecule has 1 aliphatic rings. The molecule has 0 spiro atoms. The molecule has 1 unspecified atom stereocenters. The van der Waals surface area contributed by atoms with Gasteiger partial charge in [0, 0.05) is 24.3 Å². The van der Waals surface area contributed by atoms with E-state index < -0.39 is 16.1 Å². The second-order valence-electron chi connectivity index (χ2n) is 5.01. The number of carbonyl (C=O) groups excluding carboxylic acids is 1. The first-order valence-electron chi connectivity index (χ1n) is 6.58. The van der Waals surface area contributed by atoms with E-state index >= 15 is 0 Å². The number of anilines is 1. The number of sulfonamides is 1. The highest BCUT2D eigenvalue weighted by Crippen LogP contribution is 2.32. The van der Waals surface area contributed by atoms with Gasteiger partial charge in [-0.15, -0.1) is 0 Å². The Morgan fingerprint density at radius 2 is 2.14 bits per heavy atom. The molecule has 1 aromatic rings. The van der Waals surface area contributed by atoms with E-state index in [2.05, 4.69) is 5.32 Å². The maximum Gasteiger partial charge on any atom is 0.244 e. The number of nitrogens with zero attached hydrogens (tertiary/aromatic N) is 1. The quantitative estimate of drug-likeness (QED) is 0.812. The molecule has 0 bridgehead atoms. The average Bonchev–Trinajstić information content (AvgIpc) is 2.91. The van der Waals surface area contributed by atoms with Gasteiger partial charge in [0.15, 0.2) is 0 Å². The summed E-state index contributed by atoms with van der Waals surface area (Å²) in [6.45, 7) is 1.94. The van der Waals surface area contributed by atoms with Crippen LogP contribution in [-0.4, -0.2) is 38.3 Å². The lowest BCUT2D eigenvalue weighted by atomic mass is 10.2. The van der Waals surface area contributed by atoms with E-state index in [0.29, 0.717) is 30.6 Å². The first-order chi connectivity index (χ1) is 9.78. The van der Waals surface area contributed by atoms with E-state index in [4.69, 9.17) is 17.3 Å². The predicted molar refractivity (Wildman–Crippen MR) is 81.6 cm³/mol. The van der Waals surface area contributed by atoms with E-state index in [0.717, 1.165) is 0 Å². The molecule has 116 valence electrons. The number of likely N-dealkylation sites (N-methyl/N-ethyl adjacent to an activating group) is 1. The van der Waals surface area contributed by atoms with Gasteiger partial charge in [-0.3, -0.25) is 4.79 Å². The zero-order valence-electron chi connectivity index (χ0n) is 11.9. The minimum atomic E-state index is -3.81. The van der Waals surface area contributed by atoms with Gasteiger partial charge in [0.05, 0.1) is 4.90 Å². The van der Waals surface area contributed by atoms with Gasteiger partial charge < -0.3 is 11.1 Å². The van der Waals surface area contributed by atoms with Crippen molar-refractivity contribution >= 4 is 33.2 Å². The zero-order valence-corrected chi connectivity index (χ0v) is 13.5. The fraction of sp³-hybridized carbons (Fsp3) is 0.462. The Kier molecular flexibility index (Phi) is 4.46. The summed E-state index contributed by atoms with van der Waals surface area (Å²) in [5.41, 5.74) is 6.55. The number of hydrogen-bond donors (Lipinski definition) is 2. The molecule has 21 heavy (non-hydrogen) atoms. The molecule has 1 heterocycles. The Hall–Kier alpha value is -1.31. The van der Waals surface area contributed by atoms with Crippen LogP contribution >= 0.6 is 11.6 Å². The Balaban J connectivity index is 2.50. The SMILES string of the molecule is CNC(=O)C1CCCN1S(=O)(=O)c1cc(Cl)cc(N)c1C. The highest BCUT2D eigenvalue weighted by atomic mass is 35.5. The Morgan fingerprint density at radius 3 is 2.76 bits per heavy atom. The van der Waals surface area contributed by atoms with Crippen LogP contribution in [0.1, 0.15) is 18.4 Å². The van der Waals surface area contributed by atoms with E-state index in [9.17, 15) is 13.2 Å². The van der Waals surface area contributed by atoms with Gasteiger partial charge in [-0.2, -0.15) is 4.31 Å². The lowest BCUT2D eigenvalue weighted by molar-refractivity contribution is -0.123. The van der Waals surface area contributed by atoms with Crippen molar-refractivity contribution < 1.29 is 13.2 Å². The van der Waals surface area contributed by atoms with Crippen molar-refractivity contribution in [1.82, 2.24) is 9.62 Å². The molecule has 8 heteroatoms. The summed E-state index contributed by atoms with van der Waals surface area (Å²) >= 11 is 5.92. The van der Waals surface area contributed by atoms with Crippen molar-refractivity contribution in [2.75, 3.05) is 19.3 Å². The van der Waals surface area contributed by atoms with Crippen LogP contribution in [0, 0.1) is 6.92 Å². The number of nitrogen functional groups attached to an aromatic ring is 1. The smallest absolute Gasteiger partial charge is 0.244 e. The van der Waals surface area contributed by atoms with Crippen LogP contribution in [0.2, 0.25) is 5.02 Å². The molecule has 0 aliphatic carbocycles. The summed E-state index contributed by atoms with van der Waals surface area (Å²) in [6.07, 6.45) is 1.15. The predicted octanol–water partition coefficient (Wildman–Crippen LogP) is 1.13. The van der Waals surface area contributed by atoms with Crippen molar-refractivity contribution in [2.45, 2.75) is 30.7 Å². The molecule has 1 aliphatic heterocycles. The highest BCUT2D eigenvalue weighted by molar-refractivity contribution is 7.89. The third kappa shape index (κ3) is 2.86. The largest absolute Gasteiger partial charge is 0.398 e. The fourth-order valence-electron chi connectivity index (χ4n) is 2.52. The molecule has 1 amide bonds. The first kappa shape index (κ1) is 16.1. The van der Waals surface area contributed by atoms with Crippen molar-refractivity contribution in [1.29, 1.82) is 0 Å². The van der Waals surface area contributed by atoms with Crippen LogP contribution in [0.15, 0.2) is 17.0 Å². The average molecular weight is 332 g/mol. The number of nitrogens with one attached hydrogen (secondary N) is 1. The lowest BCUT2D eigenvalue weighted by Crippen LogP contribution is -2.45. The highest BCUT2D eigenvalue weighted by Gasteiger charge is 2.39. The van der Waals surface area contributed by atoms with Gasteiger partial charge in [-0.25, -0.2) is 8.42 Å². The minimum Gasteiger partial charge on any atom is -0.398 e. The molecule has 6 nitrogen and oxygen atoms in total. The molecule has 1 aromatic carbocycles. The van der Waals surface area contributed by atoms with E-state index in [1.807, 2.05) is 0 Å². The molecular weight excluding hydrogens is 314 g/mol. The summed E-state index contributed by atoms with van der Waals surface area (Å²) < 4.78 is 26.9. The van der Waals surface area contributed by atoms with Crippen LogP contribution in [0.25, 0.3) is 0 Å². The Bertz CT molecular complexity index is 675. The number of amides is 1. The summed E-state index contributed by atoms with van der Waals surface area (Å²) in [5, 5.41) is 2.76. The molecule has 1 fully saturated rings. The summed E-state index contributed by atoms with van der Waals surface area (Å²) in [4.78, 5) is 11.9. The van der Waals surface area contributed by atoms with Crippen molar-refractivity contribution in [2.24, 2.45) is 0 Å². The second-order valence-corrected chi connectivity index (χ2v) is 7.30. The fourth-order valence-corrected chi connectivity index (χ4v) is 4.76. The monoisotopic (exact) mass is 331 g/mol.